The molecule has 8 heteroatoms. The molecule has 0 atom stereocenters. The summed E-state index contributed by atoms with van der Waals surface area (Å²) in [7, 11) is 0. The first-order valence-corrected chi connectivity index (χ1v) is 10.7. The molecule has 31 heavy (non-hydrogen) atoms. The fraction of sp³-hybridized carbons (Fsp3) is 0.478. The standard InChI is InChI=1S/C23H34N6O2/c1-5-25-21(28-17-20-11-6-7-13-26-20)27-14-9-15-29(22(30)31-23(2,3)4)18-19-10-8-12-24-16-19/h6-8,10-13,16H,5,9,14-15,17-18H2,1-4H3,(H2,25,27,28). The van der Waals surface area contributed by atoms with Crippen molar-refractivity contribution in [3.63, 3.8) is 0 Å². The second-order valence-corrected chi connectivity index (χ2v) is 8.06. The van der Waals surface area contributed by atoms with Crippen LogP contribution in [-0.4, -0.2) is 52.2 Å². The number of aromatic nitrogens is 2. The molecule has 2 rings (SSSR count). The highest BCUT2D eigenvalue weighted by Gasteiger charge is 2.22. The van der Waals surface area contributed by atoms with Gasteiger partial charge >= 0.3 is 6.09 Å². The number of carbonyl (C=O) groups excluding carboxylic acids is 1. The lowest BCUT2D eigenvalue weighted by atomic mass is 10.2. The molecule has 2 heterocycles. The molecule has 0 unspecified atom stereocenters. The highest BCUT2D eigenvalue weighted by atomic mass is 16.6. The topological polar surface area (TPSA) is 91.7 Å². The van der Waals surface area contributed by atoms with Crippen LogP contribution in [0.4, 0.5) is 4.79 Å². The van der Waals surface area contributed by atoms with Crippen molar-refractivity contribution in [1.82, 2.24) is 25.5 Å². The van der Waals surface area contributed by atoms with Gasteiger partial charge in [-0.05, 0) is 57.9 Å². The van der Waals surface area contributed by atoms with E-state index in [2.05, 4.69) is 25.6 Å². The number of hydrogen-bond donors (Lipinski definition) is 2. The first kappa shape index (κ1) is 24.1. The lowest BCUT2D eigenvalue weighted by molar-refractivity contribution is 0.0232. The van der Waals surface area contributed by atoms with E-state index in [4.69, 9.17) is 4.74 Å². The second kappa shape index (κ2) is 12.5. The molecule has 1 amide bonds. The quantitative estimate of drug-likeness (QED) is 0.363. The molecule has 0 fully saturated rings. The summed E-state index contributed by atoms with van der Waals surface area (Å²) in [6.07, 6.45) is 5.67. The highest BCUT2D eigenvalue weighted by molar-refractivity contribution is 5.79. The number of nitrogens with zero attached hydrogens (tertiary/aromatic N) is 4. The predicted octanol–water partition coefficient (Wildman–Crippen LogP) is 3.36. The summed E-state index contributed by atoms with van der Waals surface area (Å²) in [5.74, 6) is 0.726. The van der Waals surface area contributed by atoms with Gasteiger partial charge in [-0.3, -0.25) is 9.97 Å². The van der Waals surface area contributed by atoms with Gasteiger partial charge in [-0.1, -0.05) is 12.1 Å². The Morgan fingerprint density at radius 3 is 2.65 bits per heavy atom. The minimum atomic E-state index is -0.543. The zero-order valence-electron chi connectivity index (χ0n) is 19.0. The summed E-state index contributed by atoms with van der Waals surface area (Å²) in [5, 5.41) is 6.55. The molecule has 0 saturated heterocycles. The zero-order valence-corrected chi connectivity index (χ0v) is 19.0. The molecule has 0 aliphatic carbocycles. The van der Waals surface area contributed by atoms with Gasteiger partial charge in [0.2, 0.25) is 0 Å². The van der Waals surface area contributed by atoms with Gasteiger partial charge in [0.15, 0.2) is 5.96 Å². The molecule has 0 bridgehead atoms. The molecule has 8 nitrogen and oxygen atoms in total. The predicted molar refractivity (Wildman–Crippen MR) is 123 cm³/mol. The van der Waals surface area contributed by atoms with E-state index >= 15 is 0 Å². The van der Waals surface area contributed by atoms with Crippen LogP contribution in [0.25, 0.3) is 0 Å². The highest BCUT2D eigenvalue weighted by Crippen LogP contribution is 2.12. The van der Waals surface area contributed by atoms with Gasteiger partial charge in [-0.2, -0.15) is 0 Å². The third-order valence-corrected chi connectivity index (χ3v) is 4.11. The molecule has 2 aromatic rings. The Morgan fingerprint density at radius 2 is 2.00 bits per heavy atom. The lowest BCUT2D eigenvalue weighted by Gasteiger charge is -2.27. The van der Waals surface area contributed by atoms with E-state index in [1.165, 1.54) is 0 Å². The number of nitrogens with one attached hydrogen (secondary N) is 2. The summed E-state index contributed by atoms with van der Waals surface area (Å²) in [6, 6.07) is 9.61. The van der Waals surface area contributed by atoms with Gasteiger partial charge in [-0.25, -0.2) is 9.79 Å². The number of hydrogen-bond acceptors (Lipinski definition) is 5. The Morgan fingerprint density at radius 1 is 1.16 bits per heavy atom. The van der Waals surface area contributed by atoms with Gasteiger partial charge in [-0.15, -0.1) is 0 Å². The Kier molecular flexibility index (Phi) is 9.74. The Balaban J connectivity index is 1.90. The molecule has 0 saturated carbocycles. The summed E-state index contributed by atoms with van der Waals surface area (Å²) in [4.78, 5) is 27.4. The van der Waals surface area contributed by atoms with Crippen molar-refractivity contribution in [2.45, 2.75) is 52.8 Å². The molecule has 0 radical (unpaired) electrons. The SMILES string of the molecule is CCNC(=NCc1ccccn1)NCCCN(Cc1cccnc1)C(=O)OC(C)(C)C. The third kappa shape index (κ3) is 9.93. The number of rotatable bonds is 9. The lowest BCUT2D eigenvalue weighted by Crippen LogP contribution is -2.40. The van der Waals surface area contributed by atoms with E-state index in [0.29, 0.717) is 26.2 Å². The van der Waals surface area contributed by atoms with E-state index in [-0.39, 0.29) is 6.09 Å². The number of aliphatic imine (C=N–C) groups is 1. The van der Waals surface area contributed by atoms with Crippen molar-refractivity contribution in [3.8, 4) is 0 Å². The van der Waals surface area contributed by atoms with Crippen LogP contribution in [0.5, 0.6) is 0 Å². The third-order valence-electron chi connectivity index (χ3n) is 4.11. The van der Waals surface area contributed by atoms with Gasteiger partial charge in [0, 0.05) is 38.2 Å². The fourth-order valence-electron chi connectivity index (χ4n) is 2.74. The maximum absolute atomic E-state index is 12.7. The van der Waals surface area contributed by atoms with Crippen LogP contribution < -0.4 is 10.6 Å². The first-order valence-electron chi connectivity index (χ1n) is 10.7. The van der Waals surface area contributed by atoms with Crippen molar-refractivity contribution in [2.75, 3.05) is 19.6 Å². The van der Waals surface area contributed by atoms with Crippen LogP contribution in [0.15, 0.2) is 53.9 Å². The average molecular weight is 427 g/mol. The van der Waals surface area contributed by atoms with Crippen molar-refractivity contribution in [1.29, 1.82) is 0 Å². The summed E-state index contributed by atoms with van der Waals surface area (Å²) < 4.78 is 5.58. The summed E-state index contributed by atoms with van der Waals surface area (Å²) >= 11 is 0. The molecule has 2 aromatic heterocycles. The maximum Gasteiger partial charge on any atom is 0.410 e. The average Bonchev–Trinajstić information content (AvgIpc) is 2.74. The summed E-state index contributed by atoms with van der Waals surface area (Å²) in [6.45, 7) is 10.6. The van der Waals surface area contributed by atoms with E-state index in [1.807, 2.05) is 58.0 Å². The molecule has 2 N–H and O–H groups in total. The number of carbonyl (C=O) groups is 1. The van der Waals surface area contributed by atoms with Crippen LogP contribution >= 0.6 is 0 Å². The number of ether oxygens (including phenoxy) is 1. The molecule has 0 spiro atoms. The minimum Gasteiger partial charge on any atom is -0.444 e. The largest absolute Gasteiger partial charge is 0.444 e. The number of guanidine groups is 1. The molecule has 0 aliphatic heterocycles. The van der Waals surface area contributed by atoms with Crippen molar-refractivity contribution in [3.05, 3.63) is 60.2 Å². The Bertz CT molecular complexity index is 806. The number of amides is 1. The number of pyridine rings is 2. The van der Waals surface area contributed by atoms with Gasteiger partial charge in [0.1, 0.15) is 5.60 Å². The van der Waals surface area contributed by atoms with Crippen molar-refractivity contribution in [2.24, 2.45) is 4.99 Å². The molecular formula is C23H34N6O2. The minimum absolute atomic E-state index is 0.327. The molecule has 168 valence electrons. The molecule has 0 aromatic carbocycles. The van der Waals surface area contributed by atoms with Crippen LogP contribution in [0.1, 0.15) is 45.4 Å². The van der Waals surface area contributed by atoms with Crippen LogP contribution in [0.3, 0.4) is 0 Å². The second-order valence-electron chi connectivity index (χ2n) is 8.06. The van der Waals surface area contributed by atoms with Crippen LogP contribution in [0.2, 0.25) is 0 Å². The Labute approximate surface area is 185 Å². The first-order chi connectivity index (χ1) is 14.9. The van der Waals surface area contributed by atoms with E-state index in [1.54, 1.807) is 23.5 Å². The van der Waals surface area contributed by atoms with Gasteiger partial charge in [0.05, 0.1) is 18.8 Å². The molecule has 0 aliphatic rings. The van der Waals surface area contributed by atoms with Gasteiger partial charge in [0.25, 0.3) is 0 Å². The summed E-state index contributed by atoms with van der Waals surface area (Å²) in [5.41, 5.74) is 1.33. The fourth-order valence-corrected chi connectivity index (χ4v) is 2.74. The Hall–Kier alpha value is -3.16. The molecular weight excluding hydrogens is 392 g/mol. The van der Waals surface area contributed by atoms with E-state index in [0.717, 1.165) is 30.2 Å². The van der Waals surface area contributed by atoms with Crippen LogP contribution in [-0.2, 0) is 17.8 Å². The normalized spacial score (nSPS) is 11.7. The van der Waals surface area contributed by atoms with Gasteiger partial charge < -0.3 is 20.3 Å². The van der Waals surface area contributed by atoms with E-state index < -0.39 is 5.60 Å². The maximum atomic E-state index is 12.7. The van der Waals surface area contributed by atoms with E-state index in [9.17, 15) is 4.79 Å². The van der Waals surface area contributed by atoms with Crippen molar-refractivity contribution < 1.29 is 9.53 Å². The smallest absolute Gasteiger partial charge is 0.410 e. The van der Waals surface area contributed by atoms with Crippen LogP contribution in [0, 0.1) is 0 Å². The monoisotopic (exact) mass is 426 g/mol. The zero-order chi connectivity index (χ0) is 22.5. The van der Waals surface area contributed by atoms with Crippen molar-refractivity contribution >= 4 is 12.1 Å².